The molecule has 6 heteroatoms. The van der Waals surface area contributed by atoms with Crippen molar-refractivity contribution in [2.24, 2.45) is 5.92 Å². The smallest absolute Gasteiger partial charge is 0.227 e. The highest BCUT2D eigenvalue weighted by Crippen LogP contribution is 2.32. The number of alkyl halides is 1. The van der Waals surface area contributed by atoms with E-state index in [0.29, 0.717) is 30.4 Å². The van der Waals surface area contributed by atoms with Crippen molar-refractivity contribution >= 4 is 44.9 Å². The normalized spacial score (nSPS) is 20.1. The van der Waals surface area contributed by atoms with Crippen molar-refractivity contribution in [2.45, 2.75) is 13.3 Å². The first kappa shape index (κ1) is 12.6. The standard InChI is InChI=1S/C11H13BrClN3O/c1-6-8(12)3-9(11(14)15-6)16-5-7(4-13)2-10(16)17/h3,7H,2,4-5H2,1H3,(H2,14,15). The highest BCUT2D eigenvalue weighted by atomic mass is 79.9. The lowest BCUT2D eigenvalue weighted by atomic mass is 10.1. The highest BCUT2D eigenvalue weighted by molar-refractivity contribution is 9.10. The Labute approximate surface area is 113 Å². The van der Waals surface area contributed by atoms with Crippen LogP contribution in [0.1, 0.15) is 12.1 Å². The molecule has 17 heavy (non-hydrogen) atoms. The molecule has 1 unspecified atom stereocenters. The van der Waals surface area contributed by atoms with Gasteiger partial charge < -0.3 is 10.6 Å². The minimum absolute atomic E-state index is 0.0555. The first-order valence-corrected chi connectivity index (χ1v) is 6.64. The number of nitrogens with zero attached hydrogens (tertiary/aromatic N) is 2. The Hall–Kier alpha value is -0.810. The van der Waals surface area contributed by atoms with Gasteiger partial charge in [-0.2, -0.15) is 0 Å². The monoisotopic (exact) mass is 317 g/mol. The highest BCUT2D eigenvalue weighted by Gasteiger charge is 2.31. The van der Waals surface area contributed by atoms with E-state index in [-0.39, 0.29) is 11.8 Å². The zero-order chi connectivity index (χ0) is 12.6. The van der Waals surface area contributed by atoms with E-state index in [1.54, 1.807) is 4.90 Å². The fraction of sp³-hybridized carbons (Fsp3) is 0.455. The summed E-state index contributed by atoms with van der Waals surface area (Å²) in [5.74, 6) is 1.13. The van der Waals surface area contributed by atoms with E-state index in [4.69, 9.17) is 17.3 Å². The maximum absolute atomic E-state index is 11.9. The van der Waals surface area contributed by atoms with Gasteiger partial charge in [-0.25, -0.2) is 4.98 Å². The second-order valence-electron chi connectivity index (χ2n) is 4.19. The third-order valence-electron chi connectivity index (χ3n) is 2.87. The molecule has 1 atom stereocenters. The quantitative estimate of drug-likeness (QED) is 0.851. The van der Waals surface area contributed by atoms with Crippen molar-refractivity contribution in [3.8, 4) is 0 Å². The van der Waals surface area contributed by atoms with Gasteiger partial charge in [-0.1, -0.05) is 0 Å². The molecule has 2 N–H and O–H groups in total. The van der Waals surface area contributed by atoms with Crippen molar-refractivity contribution in [3.63, 3.8) is 0 Å². The summed E-state index contributed by atoms with van der Waals surface area (Å²) in [6.45, 7) is 2.47. The number of carbonyl (C=O) groups excluding carboxylic acids is 1. The Morgan fingerprint density at radius 3 is 3.00 bits per heavy atom. The topological polar surface area (TPSA) is 59.2 Å². The molecule has 1 aliphatic rings. The molecule has 1 fully saturated rings. The number of aryl methyl sites for hydroxylation is 1. The fourth-order valence-electron chi connectivity index (χ4n) is 1.92. The van der Waals surface area contributed by atoms with Crippen LogP contribution >= 0.6 is 27.5 Å². The Morgan fingerprint density at radius 2 is 2.41 bits per heavy atom. The van der Waals surface area contributed by atoms with Crippen LogP contribution < -0.4 is 10.6 Å². The molecule has 92 valence electrons. The number of hydrogen-bond donors (Lipinski definition) is 1. The van der Waals surface area contributed by atoms with E-state index in [9.17, 15) is 4.79 Å². The minimum atomic E-state index is 0.0555. The number of anilines is 2. The average Bonchev–Trinajstić information content (AvgIpc) is 2.65. The van der Waals surface area contributed by atoms with Gasteiger partial charge in [0.25, 0.3) is 0 Å². The molecule has 2 rings (SSSR count). The Morgan fingerprint density at radius 1 is 1.71 bits per heavy atom. The number of hydrogen-bond acceptors (Lipinski definition) is 3. The molecule has 0 spiro atoms. The largest absolute Gasteiger partial charge is 0.382 e. The van der Waals surface area contributed by atoms with Gasteiger partial charge in [-0.05, 0) is 34.8 Å². The van der Waals surface area contributed by atoms with E-state index < -0.39 is 0 Å². The molecule has 2 heterocycles. The van der Waals surface area contributed by atoms with Crippen molar-refractivity contribution in [1.29, 1.82) is 0 Å². The van der Waals surface area contributed by atoms with E-state index in [0.717, 1.165) is 10.2 Å². The van der Waals surface area contributed by atoms with Gasteiger partial charge in [0.05, 0.1) is 11.4 Å². The molecule has 0 aliphatic carbocycles. The third-order valence-corrected chi connectivity index (χ3v) is 4.11. The molecular formula is C11H13BrClN3O. The van der Waals surface area contributed by atoms with Gasteiger partial charge >= 0.3 is 0 Å². The van der Waals surface area contributed by atoms with Crippen LogP contribution in [0.2, 0.25) is 0 Å². The maximum atomic E-state index is 11.9. The lowest BCUT2D eigenvalue weighted by Crippen LogP contribution is -2.26. The lowest BCUT2D eigenvalue weighted by Gasteiger charge is -2.18. The van der Waals surface area contributed by atoms with Crippen LogP contribution in [-0.4, -0.2) is 23.3 Å². The predicted octanol–water partition coefficient (Wildman–Crippen LogP) is 2.33. The van der Waals surface area contributed by atoms with Gasteiger partial charge in [-0.15, -0.1) is 11.6 Å². The fourth-order valence-corrected chi connectivity index (χ4v) is 2.44. The van der Waals surface area contributed by atoms with Crippen molar-refractivity contribution in [1.82, 2.24) is 4.98 Å². The van der Waals surface area contributed by atoms with Crippen LogP contribution in [0.3, 0.4) is 0 Å². The number of halogens is 2. The summed E-state index contributed by atoms with van der Waals surface area (Å²) in [5.41, 5.74) is 7.34. The van der Waals surface area contributed by atoms with Crippen molar-refractivity contribution in [2.75, 3.05) is 23.1 Å². The van der Waals surface area contributed by atoms with Crippen LogP contribution in [0.4, 0.5) is 11.5 Å². The van der Waals surface area contributed by atoms with Crippen molar-refractivity contribution in [3.05, 3.63) is 16.2 Å². The van der Waals surface area contributed by atoms with E-state index >= 15 is 0 Å². The second kappa shape index (κ2) is 4.82. The molecule has 1 aliphatic heterocycles. The molecular weight excluding hydrogens is 305 g/mol. The zero-order valence-corrected chi connectivity index (χ0v) is 11.8. The van der Waals surface area contributed by atoms with Crippen LogP contribution in [0.5, 0.6) is 0 Å². The second-order valence-corrected chi connectivity index (χ2v) is 5.35. The summed E-state index contributed by atoms with van der Waals surface area (Å²) < 4.78 is 0.851. The molecule has 1 aromatic rings. The summed E-state index contributed by atoms with van der Waals surface area (Å²) in [4.78, 5) is 17.7. The molecule has 4 nitrogen and oxygen atoms in total. The SMILES string of the molecule is Cc1nc(N)c(N2CC(CCl)CC2=O)cc1Br. The molecule has 0 saturated carbocycles. The van der Waals surface area contributed by atoms with Crippen LogP contribution in [0.25, 0.3) is 0 Å². The number of nitrogen functional groups attached to an aromatic ring is 1. The lowest BCUT2D eigenvalue weighted by molar-refractivity contribution is -0.117. The predicted molar refractivity (Wildman–Crippen MR) is 72.3 cm³/mol. The summed E-state index contributed by atoms with van der Waals surface area (Å²) >= 11 is 9.18. The summed E-state index contributed by atoms with van der Waals surface area (Å²) in [7, 11) is 0. The number of carbonyl (C=O) groups is 1. The maximum Gasteiger partial charge on any atom is 0.227 e. The molecule has 1 saturated heterocycles. The Bertz CT molecular complexity index is 466. The third kappa shape index (κ3) is 2.40. The van der Waals surface area contributed by atoms with Crippen molar-refractivity contribution < 1.29 is 4.79 Å². The first-order chi connectivity index (χ1) is 8.02. The van der Waals surface area contributed by atoms with Crippen LogP contribution in [-0.2, 0) is 4.79 Å². The van der Waals surface area contributed by atoms with Crippen LogP contribution in [0, 0.1) is 12.8 Å². The first-order valence-electron chi connectivity index (χ1n) is 5.32. The van der Waals surface area contributed by atoms with Gasteiger partial charge in [0.2, 0.25) is 5.91 Å². The summed E-state index contributed by atoms with van der Waals surface area (Å²) in [5, 5.41) is 0. The van der Waals surface area contributed by atoms with Gasteiger partial charge in [0.1, 0.15) is 5.82 Å². The summed E-state index contributed by atoms with van der Waals surface area (Å²) in [6.07, 6.45) is 0.481. The number of aromatic nitrogens is 1. The van der Waals surface area contributed by atoms with Crippen LogP contribution in [0.15, 0.2) is 10.5 Å². The van der Waals surface area contributed by atoms with Gasteiger partial charge in [0.15, 0.2) is 0 Å². The van der Waals surface area contributed by atoms with E-state index in [1.165, 1.54) is 0 Å². The molecule has 1 amide bonds. The Balaban J connectivity index is 2.35. The molecule has 0 aromatic carbocycles. The number of pyridine rings is 1. The van der Waals surface area contributed by atoms with E-state index in [2.05, 4.69) is 20.9 Å². The zero-order valence-electron chi connectivity index (χ0n) is 9.41. The number of rotatable bonds is 2. The average molecular weight is 319 g/mol. The number of amides is 1. The minimum Gasteiger partial charge on any atom is -0.382 e. The molecule has 1 aromatic heterocycles. The summed E-state index contributed by atoms with van der Waals surface area (Å²) in [6, 6.07) is 1.84. The Kier molecular flexibility index (Phi) is 3.58. The van der Waals surface area contributed by atoms with Gasteiger partial charge in [0, 0.05) is 23.3 Å². The van der Waals surface area contributed by atoms with E-state index in [1.807, 2.05) is 13.0 Å². The molecule has 0 radical (unpaired) electrons. The molecule has 0 bridgehead atoms. The van der Waals surface area contributed by atoms with Gasteiger partial charge in [-0.3, -0.25) is 4.79 Å². The number of nitrogens with two attached hydrogens (primary N) is 1.